The highest BCUT2D eigenvalue weighted by Gasteiger charge is 2.36. The summed E-state index contributed by atoms with van der Waals surface area (Å²) in [5.74, 6) is -1.66. The summed E-state index contributed by atoms with van der Waals surface area (Å²) in [5, 5.41) is 12.3. The summed E-state index contributed by atoms with van der Waals surface area (Å²) in [6, 6.07) is 0.224. The maximum atomic E-state index is 12.3. The van der Waals surface area contributed by atoms with Crippen LogP contribution in [0.2, 0.25) is 0 Å². The van der Waals surface area contributed by atoms with E-state index in [1.807, 2.05) is 0 Å². The Balaban J connectivity index is 1.86. The lowest BCUT2D eigenvalue weighted by Gasteiger charge is -2.34. The van der Waals surface area contributed by atoms with Crippen LogP contribution in [0, 0.1) is 11.8 Å². The third kappa shape index (κ3) is 3.72. The molecule has 2 N–H and O–H groups in total. The van der Waals surface area contributed by atoms with Crippen molar-refractivity contribution in [3.8, 4) is 0 Å². The zero-order valence-electron chi connectivity index (χ0n) is 12.3. The van der Waals surface area contributed by atoms with Crippen molar-refractivity contribution in [1.82, 2.24) is 10.2 Å². The van der Waals surface area contributed by atoms with Crippen LogP contribution in [0.1, 0.15) is 45.4 Å². The largest absolute Gasteiger partial charge is 0.481 e. The molecule has 20 heavy (non-hydrogen) atoms. The summed E-state index contributed by atoms with van der Waals surface area (Å²) in [7, 11) is 0. The van der Waals surface area contributed by atoms with Gasteiger partial charge in [0, 0.05) is 19.1 Å². The molecule has 2 rings (SSSR count). The molecule has 1 heterocycles. The van der Waals surface area contributed by atoms with Crippen molar-refractivity contribution in [2.24, 2.45) is 11.8 Å². The van der Waals surface area contributed by atoms with Gasteiger partial charge >= 0.3 is 5.97 Å². The van der Waals surface area contributed by atoms with Crippen molar-refractivity contribution < 1.29 is 14.7 Å². The normalized spacial score (nSPS) is 29.1. The summed E-state index contributed by atoms with van der Waals surface area (Å²) < 4.78 is 0. The maximum Gasteiger partial charge on any atom is 0.307 e. The monoisotopic (exact) mass is 282 g/mol. The van der Waals surface area contributed by atoms with Gasteiger partial charge in [-0.25, -0.2) is 0 Å². The fraction of sp³-hybridized carbons (Fsp3) is 0.867. The second-order valence-corrected chi connectivity index (χ2v) is 6.05. The Kier molecular flexibility index (Phi) is 5.40. The van der Waals surface area contributed by atoms with E-state index >= 15 is 0 Å². The van der Waals surface area contributed by atoms with Gasteiger partial charge in [0.2, 0.25) is 5.91 Å². The number of rotatable bonds is 4. The molecule has 0 bridgehead atoms. The quantitative estimate of drug-likeness (QED) is 0.819. The molecule has 1 saturated carbocycles. The van der Waals surface area contributed by atoms with E-state index < -0.39 is 11.9 Å². The van der Waals surface area contributed by atoms with Crippen molar-refractivity contribution in [2.45, 2.75) is 51.5 Å². The summed E-state index contributed by atoms with van der Waals surface area (Å²) in [6.45, 7) is 5.26. The van der Waals surface area contributed by atoms with Crippen LogP contribution >= 0.6 is 0 Å². The van der Waals surface area contributed by atoms with Crippen LogP contribution in [-0.4, -0.2) is 47.6 Å². The lowest BCUT2D eigenvalue weighted by Crippen LogP contribution is -2.48. The second kappa shape index (κ2) is 7.07. The molecule has 114 valence electrons. The number of amides is 1. The van der Waals surface area contributed by atoms with Gasteiger partial charge in [-0.05, 0) is 32.2 Å². The van der Waals surface area contributed by atoms with E-state index in [-0.39, 0.29) is 17.9 Å². The topological polar surface area (TPSA) is 69.6 Å². The highest BCUT2D eigenvalue weighted by Crippen LogP contribution is 2.30. The summed E-state index contributed by atoms with van der Waals surface area (Å²) >= 11 is 0. The number of likely N-dealkylation sites (tertiary alicyclic amines) is 1. The highest BCUT2D eigenvalue weighted by molar-refractivity contribution is 5.85. The number of nitrogens with zero attached hydrogens (tertiary/aromatic N) is 1. The minimum atomic E-state index is -0.814. The van der Waals surface area contributed by atoms with Crippen LogP contribution in [-0.2, 0) is 9.59 Å². The van der Waals surface area contributed by atoms with Crippen molar-refractivity contribution >= 4 is 11.9 Å². The van der Waals surface area contributed by atoms with E-state index in [1.165, 1.54) is 0 Å². The fourth-order valence-electron chi connectivity index (χ4n) is 3.44. The third-order valence-electron chi connectivity index (χ3n) is 4.80. The SMILES string of the molecule is CCN1CCC(NC(=O)[C@@H]2CCCC[C@@H]2C(=O)O)CC1. The van der Waals surface area contributed by atoms with Crippen molar-refractivity contribution in [3.63, 3.8) is 0 Å². The maximum absolute atomic E-state index is 12.3. The Labute approximate surface area is 120 Å². The predicted molar refractivity (Wildman–Crippen MR) is 76.4 cm³/mol. The van der Waals surface area contributed by atoms with E-state index in [9.17, 15) is 14.7 Å². The minimum Gasteiger partial charge on any atom is -0.481 e. The molecule has 2 atom stereocenters. The average molecular weight is 282 g/mol. The average Bonchev–Trinajstić information content (AvgIpc) is 2.48. The third-order valence-corrected chi connectivity index (χ3v) is 4.80. The van der Waals surface area contributed by atoms with Crippen LogP contribution < -0.4 is 5.32 Å². The highest BCUT2D eigenvalue weighted by atomic mass is 16.4. The number of aliphatic carboxylic acids is 1. The van der Waals surface area contributed by atoms with E-state index in [0.717, 1.165) is 51.7 Å². The van der Waals surface area contributed by atoms with Gasteiger partial charge in [0.25, 0.3) is 0 Å². The standard InChI is InChI=1S/C15H26N2O3/c1-2-17-9-7-11(8-10-17)16-14(18)12-5-3-4-6-13(12)15(19)20/h11-13H,2-10H2,1H3,(H,16,18)(H,19,20)/t12-,13+/m1/s1. The number of piperidine rings is 1. The second-order valence-electron chi connectivity index (χ2n) is 6.05. The Hall–Kier alpha value is -1.10. The lowest BCUT2D eigenvalue weighted by atomic mass is 9.78. The first-order chi connectivity index (χ1) is 9.61. The van der Waals surface area contributed by atoms with Gasteiger partial charge in [-0.3, -0.25) is 9.59 Å². The van der Waals surface area contributed by atoms with Gasteiger partial charge in [-0.1, -0.05) is 19.8 Å². The molecular formula is C15H26N2O3. The number of nitrogens with one attached hydrogen (secondary N) is 1. The Bertz CT molecular complexity index is 351. The molecule has 2 aliphatic rings. The molecule has 0 spiro atoms. The Morgan fingerprint density at radius 3 is 2.25 bits per heavy atom. The van der Waals surface area contributed by atoms with E-state index in [0.29, 0.717) is 6.42 Å². The van der Waals surface area contributed by atoms with E-state index in [2.05, 4.69) is 17.1 Å². The zero-order valence-corrected chi connectivity index (χ0v) is 12.3. The first kappa shape index (κ1) is 15.3. The summed E-state index contributed by atoms with van der Waals surface area (Å²) in [6.07, 6.45) is 5.21. The van der Waals surface area contributed by atoms with Crippen LogP contribution in [0.5, 0.6) is 0 Å². The van der Waals surface area contributed by atoms with Crippen LogP contribution in [0.15, 0.2) is 0 Å². The van der Waals surface area contributed by atoms with Gasteiger partial charge < -0.3 is 15.3 Å². The molecule has 0 radical (unpaired) electrons. The van der Waals surface area contributed by atoms with Gasteiger partial charge in [0.05, 0.1) is 11.8 Å². The molecule has 5 nitrogen and oxygen atoms in total. The minimum absolute atomic E-state index is 0.0351. The molecule has 1 aliphatic heterocycles. The van der Waals surface area contributed by atoms with Crippen molar-refractivity contribution in [1.29, 1.82) is 0 Å². The number of carbonyl (C=O) groups is 2. The smallest absolute Gasteiger partial charge is 0.307 e. The zero-order chi connectivity index (χ0) is 14.5. The fourth-order valence-corrected chi connectivity index (χ4v) is 3.44. The Morgan fingerprint density at radius 1 is 1.10 bits per heavy atom. The van der Waals surface area contributed by atoms with Gasteiger partial charge in [0.1, 0.15) is 0 Å². The van der Waals surface area contributed by atoms with Gasteiger partial charge in [0.15, 0.2) is 0 Å². The van der Waals surface area contributed by atoms with Gasteiger partial charge in [-0.15, -0.1) is 0 Å². The number of hydrogen-bond acceptors (Lipinski definition) is 3. The number of carboxylic acid groups (broad SMARTS) is 1. The first-order valence-corrected chi connectivity index (χ1v) is 7.87. The van der Waals surface area contributed by atoms with Crippen LogP contribution in [0.3, 0.4) is 0 Å². The molecule has 0 aromatic rings. The molecular weight excluding hydrogens is 256 g/mol. The molecule has 1 amide bonds. The lowest BCUT2D eigenvalue weighted by molar-refractivity contribution is -0.149. The van der Waals surface area contributed by atoms with Crippen molar-refractivity contribution in [3.05, 3.63) is 0 Å². The number of hydrogen-bond donors (Lipinski definition) is 2. The Morgan fingerprint density at radius 2 is 1.70 bits per heavy atom. The van der Waals surface area contributed by atoms with E-state index in [1.54, 1.807) is 0 Å². The summed E-state index contributed by atoms with van der Waals surface area (Å²) in [5.41, 5.74) is 0. The van der Waals surface area contributed by atoms with Crippen molar-refractivity contribution in [2.75, 3.05) is 19.6 Å². The number of carboxylic acids is 1. The van der Waals surface area contributed by atoms with Crippen LogP contribution in [0.25, 0.3) is 0 Å². The van der Waals surface area contributed by atoms with Gasteiger partial charge in [-0.2, -0.15) is 0 Å². The molecule has 0 unspecified atom stereocenters. The van der Waals surface area contributed by atoms with E-state index in [4.69, 9.17) is 0 Å². The molecule has 2 fully saturated rings. The molecule has 0 aromatic heterocycles. The van der Waals surface area contributed by atoms with Crippen LogP contribution in [0.4, 0.5) is 0 Å². The molecule has 1 aliphatic carbocycles. The molecule has 5 heteroatoms. The molecule has 0 aromatic carbocycles. The number of carbonyl (C=O) groups excluding carboxylic acids is 1. The summed E-state index contributed by atoms with van der Waals surface area (Å²) in [4.78, 5) is 26.0. The first-order valence-electron chi connectivity index (χ1n) is 7.87. The predicted octanol–water partition coefficient (Wildman–Crippen LogP) is 1.48. The molecule has 1 saturated heterocycles.